The van der Waals surface area contributed by atoms with Crippen LogP contribution in [0.15, 0.2) is 88.2 Å². The highest BCUT2D eigenvalue weighted by Crippen LogP contribution is 2.38. The molecule has 3 aromatic carbocycles. The second kappa shape index (κ2) is 8.14. The van der Waals surface area contributed by atoms with Crippen LogP contribution in [0.1, 0.15) is 19.3 Å². The first-order valence-electron chi connectivity index (χ1n) is 11.3. The summed E-state index contributed by atoms with van der Waals surface area (Å²) >= 11 is 0. The van der Waals surface area contributed by atoms with Crippen LogP contribution in [0.2, 0.25) is 0 Å². The molecule has 1 saturated carbocycles. The van der Waals surface area contributed by atoms with Crippen LogP contribution in [-0.4, -0.2) is 41.6 Å². The van der Waals surface area contributed by atoms with E-state index < -0.39 is 27.9 Å². The average Bonchev–Trinajstić information content (AvgIpc) is 3.53. The van der Waals surface area contributed by atoms with Gasteiger partial charge in [-0.2, -0.15) is 4.31 Å². The number of carbonyl (C=O) groups excluding carboxylic acids is 2. The fourth-order valence-corrected chi connectivity index (χ4v) is 6.34. The van der Waals surface area contributed by atoms with Gasteiger partial charge < -0.3 is 4.42 Å². The van der Waals surface area contributed by atoms with E-state index in [-0.39, 0.29) is 17.4 Å². The Labute approximate surface area is 201 Å². The van der Waals surface area contributed by atoms with Crippen molar-refractivity contribution in [1.29, 1.82) is 0 Å². The summed E-state index contributed by atoms with van der Waals surface area (Å²) < 4.78 is 33.8. The van der Waals surface area contributed by atoms with E-state index in [1.54, 1.807) is 42.5 Å². The van der Waals surface area contributed by atoms with Crippen molar-refractivity contribution < 1.29 is 22.4 Å². The van der Waals surface area contributed by atoms with E-state index in [9.17, 15) is 18.0 Å². The number of carbonyl (C=O) groups is 2. The first kappa shape index (κ1) is 21.7. The first-order chi connectivity index (χ1) is 16.9. The lowest BCUT2D eigenvalue weighted by molar-refractivity contribution is -0.122. The molecular formula is C26H21N3O5S. The van der Waals surface area contributed by atoms with E-state index in [4.69, 9.17) is 4.42 Å². The normalized spacial score (nSPS) is 18.7. The number of hydrogen-bond acceptors (Lipinski definition) is 6. The number of rotatable bonds is 6. The van der Waals surface area contributed by atoms with Gasteiger partial charge in [0.2, 0.25) is 21.8 Å². The Balaban J connectivity index is 1.29. The maximum atomic E-state index is 13.4. The Morgan fingerprint density at radius 2 is 1.57 bits per heavy atom. The topological polar surface area (TPSA) is 101 Å². The molecule has 6 rings (SSSR count). The lowest BCUT2D eigenvalue weighted by Crippen LogP contribution is -2.46. The number of imide groups is 1. The number of benzene rings is 3. The quantitative estimate of drug-likeness (QED) is 0.382. The van der Waals surface area contributed by atoms with Crippen LogP contribution in [0.4, 0.5) is 5.69 Å². The smallest absolute Gasteiger partial charge is 0.252 e. The monoisotopic (exact) mass is 487 g/mol. The Kier molecular flexibility index (Phi) is 5.05. The molecule has 1 saturated heterocycles. The zero-order valence-electron chi connectivity index (χ0n) is 18.6. The molecule has 2 heterocycles. The minimum Gasteiger partial charge on any atom is -0.436 e. The van der Waals surface area contributed by atoms with Gasteiger partial charge in [0.1, 0.15) is 11.6 Å². The average molecular weight is 488 g/mol. The third-order valence-electron chi connectivity index (χ3n) is 6.32. The molecule has 1 aromatic heterocycles. The highest BCUT2D eigenvalue weighted by molar-refractivity contribution is 7.89. The van der Waals surface area contributed by atoms with Gasteiger partial charge in [0.05, 0.1) is 17.0 Å². The van der Waals surface area contributed by atoms with Gasteiger partial charge in [-0.3, -0.25) is 9.59 Å². The molecule has 176 valence electrons. The number of anilines is 1. The van der Waals surface area contributed by atoms with E-state index in [2.05, 4.69) is 4.98 Å². The highest BCUT2D eigenvalue weighted by Gasteiger charge is 2.51. The van der Waals surface area contributed by atoms with Gasteiger partial charge in [0, 0.05) is 11.6 Å². The maximum Gasteiger partial charge on any atom is 0.252 e. The number of hydrogen-bond donors (Lipinski definition) is 0. The predicted octanol–water partition coefficient (Wildman–Crippen LogP) is 3.98. The summed E-state index contributed by atoms with van der Waals surface area (Å²) in [6, 6.07) is 20.9. The Morgan fingerprint density at radius 3 is 2.26 bits per heavy atom. The van der Waals surface area contributed by atoms with Crippen molar-refractivity contribution in [1.82, 2.24) is 9.29 Å². The molecular weight excluding hydrogens is 466 g/mol. The number of oxazole rings is 1. The van der Waals surface area contributed by atoms with E-state index in [0.29, 0.717) is 35.6 Å². The van der Waals surface area contributed by atoms with Gasteiger partial charge >= 0.3 is 0 Å². The zero-order valence-corrected chi connectivity index (χ0v) is 19.4. The van der Waals surface area contributed by atoms with Crippen LogP contribution >= 0.6 is 0 Å². The second-order valence-corrected chi connectivity index (χ2v) is 10.5. The van der Waals surface area contributed by atoms with Crippen molar-refractivity contribution in [3.05, 3.63) is 78.9 Å². The molecule has 1 atom stereocenters. The van der Waals surface area contributed by atoms with Gasteiger partial charge in [-0.15, -0.1) is 0 Å². The van der Waals surface area contributed by atoms with Crippen LogP contribution in [0.5, 0.6) is 0 Å². The van der Waals surface area contributed by atoms with Crippen molar-refractivity contribution in [2.45, 2.75) is 36.2 Å². The SMILES string of the molecule is O=C1CC(N(C2CC2)S(=O)(=O)c2ccccc2)C(=O)N1c1ccc(-c2nc3ccccc3o2)cc1. The number of fused-ring (bicyclic) bond motifs is 1. The summed E-state index contributed by atoms with van der Waals surface area (Å²) in [5, 5.41) is 0. The number of nitrogens with zero attached hydrogens (tertiary/aromatic N) is 3. The summed E-state index contributed by atoms with van der Waals surface area (Å²) in [4.78, 5) is 32.0. The standard InChI is InChI=1S/C26H21N3O5S/c30-24-16-22(29(19-14-15-19)35(32,33)20-6-2-1-3-7-20)26(31)28(24)18-12-10-17(11-13-18)25-27-21-8-4-5-9-23(21)34-25/h1-13,19,22H,14-16H2. The number of amides is 2. The minimum atomic E-state index is -3.93. The van der Waals surface area contributed by atoms with Crippen LogP contribution in [0, 0.1) is 0 Å². The van der Waals surface area contributed by atoms with Crippen LogP contribution in [0.25, 0.3) is 22.6 Å². The third-order valence-corrected chi connectivity index (χ3v) is 8.30. The van der Waals surface area contributed by atoms with E-state index in [0.717, 1.165) is 10.4 Å². The van der Waals surface area contributed by atoms with Crippen LogP contribution < -0.4 is 4.90 Å². The van der Waals surface area contributed by atoms with Crippen molar-refractivity contribution in [3.63, 3.8) is 0 Å². The number of sulfonamides is 1. The van der Waals surface area contributed by atoms with E-state index in [1.807, 2.05) is 24.3 Å². The summed E-state index contributed by atoms with van der Waals surface area (Å²) in [5.74, 6) is -0.525. The van der Waals surface area contributed by atoms with Gasteiger partial charge in [-0.25, -0.2) is 18.3 Å². The highest BCUT2D eigenvalue weighted by atomic mass is 32.2. The zero-order chi connectivity index (χ0) is 24.2. The van der Waals surface area contributed by atoms with Crippen LogP contribution in [0.3, 0.4) is 0 Å². The minimum absolute atomic E-state index is 0.119. The number of para-hydroxylation sites is 2. The molecule has 1 aliphatic carbocycles. The molecule has 0 spiro atoms. The van der Waals surface area contributed by atoms with Gasteiger partial charge in [-0.1, -0.05) is 30.3 Å². The second-order valence-electron chi connectivity index (χ2n) is 8.70. The van der Waals surface area contributed by atoms with Crippen molar-refractivity contribution in [2.75, 3.05) is 4.90 Å². The molecule has 2 fully saturated rings. The lowest BCUT2D eigenvalue weighted by Gasteiger charge is -2.26. The predicted molar refractivity (Wildman–Crippen MR) is 129 cm³/mol. The van der Waals surface area contributed by atoms with Gasteiger partial charge in [0.15, 0.2) is 5.58 Å². The molecule has 0 bridgehead atoms. The third kappa shape index (κ3) is 3.73. The number of aromatic nitrogens is 1. The molecule has 8 nitrogen and oxygen atoms in total. The Hall–Kier alpha value is -3.82. The van der Waals surface area contributed by atoms with Crippen molar-refractivity contribution in [3.8, 4) is 11.5 Å². The fraction of sp³-hybridized carbons (Fsp3) is 0.192. The van der Waals surface area contributed by atoms with Gasteiger partial charge in [-0.05, 0) is 61.4 Å². The molecule has 9 heteroatoms. The Bertz CT molecular complexity index is 1510. The maximum absolute atomic E-state index is 13.4. The molecule has 35 heavy (non-hydrogen) atoms. The van der Waals surface area contributed by atoms with Crippen LogP contribution in [-0.2, 0) is 19.6 Å². The molecule has 1 aliphatic heterocycles. The molecule has 1 unspecified atom stereocenters. The molecule has 0 N–H and O–H groups in total. The first-order valence-corrected chi connectivity index (χ1v) is 12.8. The van der Waals surface area contributed by atoms with Crippen molar-refractivity contribution >= 4 is 38.6 Å². The summed E-state index contributed by atoms with van der Waals surface area (Å²) in [6.07, 6.45) is 1.15. The molecule has 0 radical (unpaired) electrons. The van der Waals surface area contributed by atoms with Crippen molar-refractivity contribution in [2.24, 2.45) is 0 Å². The van der Waals surface area contributed by atoms with Gasteiger partial charge in [0.25, 0.3) is 5.91 Å². The van der Waals surface area contributed by atoms with E-state index >= 15 is 0 Å². The largest absolute Gasteiger partial charge is 0.436 e. The molecule has 2 amide bonds. The summed E-state index contributed by atoms with van der Waals surface area (Å²) in [5.41, 5.74) is 2.49. The lowest BCUT2D eigenvalue weighted by atomic mass is 10.2. The molecule has 2 aliphatic rings. The Morgan fingerprint density at radius 1 is 0.886 bits per heavy atom. The fourth-order valence-electron chi connectivity index (χ4n) is 4.50. The molecule has 4 aromatic rings. The van der Waals surface area contributed by atoms with E-state index in [1.165, 1.54) is 16.4 Å². The summed E-state index contributed by atoms with van der Waals surface area (Å²) in [6.45, 7) is 0. The summed E-state index contributed by atoms with van der Waals surface area (Å²) in [7, 11) is -3.93.